The van der Waals surface area contributed by atoms with Crippen LogP contribution in [0.3, 0.4) is 0 Å². The van der Waals surface area contributed by atoms with Crippen molar-refractivity contribution >= 4 is 16.6 Å². The molecule has 2 aromatic rings. The number of carbonyl (C=O) groups excluding carboxylic acids is 1. The van der Waals surface area contributed by atoms with Gasteiger partial charge in [-0.3, -0.25) is 4.79 Å². The van der Waals surface area contributed by atoms with Crippen molar-refractivity contribution in [3.05, 3.63) is 48.0 Å². The first-order valence-electron chi connectivity index (χ1n) is 7.83. The van der Waals surface area contributed by atoms with Crippen molar-refractivity contribution in [2.75, 3.05) is 0 Å². The summed E-state index contributed by atoms with van der Waals surface area (Å²) in [5.74, 6) is 0.284. The van der Waals surface area contributed by atoms with Crippen molar-refractivity contribution in [3.63, 3.8) is 0 Å². The van der Waals surface area contributed by atoms with Gasteiger partial charge in [0.1, 0.15) is 0 Å². The van der Waals surface area contributed by atoms with Crippen LogP contribution in [0, 0.1) is 0 Å². The maximum absolute atomic E-state index is 12.2. The van der Waals surface area contributed by atoms with Crippen LogP contribution in [0.1, 0.15) is 62.2 Å². The standard InChI is InChI=1S/C19H24O/c1-2-3-4-5-6-7-12-19(20)18-14-13-16-10-8-9-11-17(16)15-18/h8-11,13-15H,2-7,12H2,1H3. The normalized spacial score (nSPS) is 10.8. The van der Waals surface area contributed by atoms with Crippen LogP contribution in [0.5, 0.6) is 0 Å². The van der Waals surface area contributed by atoms with Gasteiger partial charge in [0.25, 0.3) is 0 Å². The average Bonchev–Trinajstić information content (AvgIpc) is 2.50. The Morgan fingerprint density at radius 3 is 2.35 bits per heavy atom. The van der Waals surface area contributed by atoms with E-state index >= 15 is 0 Å². The van der Waals surface area contributed by atoms with Gasteiger partial charge in [-0.2, -0.15) is 0 Å². The molecule has 0 aromatic heterocycles. The molecule has 0 fully saturated rings. The minimum atomic E-state index is 0.284. The van der Waals surface area contributed by atoms with E-state index in [1.165, 1.54) is 37.5 Å². The molecule has 0 spiro atoms. The van der Waals surface area contributed by atoms with E-state index in [0.29, 0.717) is 6.42 Å². The van der Waals surface area contributed by atoms with Crippen LogP contribution in [0.15, 0.2) is 42.5 Å². The first-order valence-corrected chi connectivity index (χ1v) is 7.83. The Morgan fingerprint density at radius 1 is 0.850 bits per heavy atom. The summed E-state index contributed by atoms with van der Waals surface area (Å²) in [6.07, 6.45) is 8.05. The Kier molecular flexibility index (Phi) is 5.79. The van der Waals surface area contributed by atoms with Crippen molar-refractivity contribution in [1.29, 1.82) is 0 Å². The number of benzene rings is 2. The molecule has 0 atom stereocenters. The Morgan fingerprint density at radius 2 is 1.55 bits per heavy atom. The summed E-state index contributed by atoms with van der Waals surface area (Å²) in [6.45, 7) is 2.23. The fourth-order valence-corrected chi connectivity index (χ4v) is 2.57. The molecule has 1 nitrogen and oxygen atoms in total. The molecule has 20 heavy (non-hydrogen) atoms. The highest BCUT2D eigenvalue weighted by atomic mass is 16.1. The van der Waals surface area contributed by atoms with Gasteiger partial charge in [-0.05, 0) is 23.3 Å². The number of fused-ring (bicyclic) bond motifs is 1. The van der Waals surface area contributed by atoms with Gasteiger partial charge in [-0.1, -0.05) is 75.4 Å². The summed E-state index contributed by atoms with van der Waals surface area (Å²) in [7, 11) is 0. The summed E-state index contributed by atoms with van der Waals surface area (Å²) in [4.78, 5) is 12.2. The highest BCUT2D eigenvalue weighted by Crippen LogP contribution is 2.17. The molecule has 0 aliphatic rings. The van der Waals surface area contributed by atoms with E-state index in [4.69, 9.17) is 0 Å². The van der Waals surface area contributed by atoms with Gasteiger partial charge in [0.2, 0.25) is 0 Å². The first-order chi connectivity index (χ1) is 9.81. The Labute approximate surface area is 122 Å². The Bertz CT molecular complexity index is 556. The van der Waals surface area contributed by atoms with E-state index in [9.17, 15) is 4.79 Å². The van der Waals surface area contributed by atoms with Crippen LogP contribution in [0.2, 0.25) is 0 Å². The highest BCUT2D eigenvalue weighted by Gasteiger charge is 2.06. The number of unbranched alkanes of at least 4 members (excludes halogenated alkanes) is 5. The molecule has 0 aliphatic carbocycles. The van der Waals surface area contributed by atoms with Crippen molar-refractivity contribution in [2.45, 2.75) is 51.9 Å². The predicted octanol–water partition coefficient (Wildman–Crippen LogP) is 5.77. The predicted molar refractivity (Wildman–Crippen MR) is 86.3 cm³/mol. The summed E-state index contributed by atoms with van der Waals surface area (Å²) >= 11 is 0. The van der Waals surface area contributed by atoms with Gasteiger partial charge in [0.05, 0.1) is 0 Å². The van der Waals surface area contributed by atoms with E-state index in [1.807, 2.05) is 30.3 Å². The fourth-order valence-electron chi connectivity index (χ4n) is 2.57. The molecule has 0 amide bonds. The van der Waals surface area contributed by atoms with E-state index in [0.717, 1.165) is 17.4 Å². The molecule has 0 unspecified atom stereocenters. The molecular formula is C19H24O. The molecule has 0 heterocycles. The van der Waals surface area contributed by atoms with Crippen molar-refractivity contribution in [3.8, 4) is 0 Å². The molecule has 106 valence electrons. The van der Waals surface area contributed by atoms with Crippen LogP contribution < -0.4 is 0 Å². The zero-order chi connectivity index (χ0) is 14.2. The molecule has 0 bridgehead atoms. The van der Waals surface area contributed by atoms with Gasteiger partial charge < -0.3 is 0 Å². The molecular weight excluding hydrogens is 244 g/mol. The van der Waals surface area contributed by atoms with Crippen LogP contribution >= 0.6 is 0 Å². The summed E-state index contributed by atoms with van der Waals surface area (Å²) < 4.78 is 0. The minimum absolute atomic E-state index is 0.284. The second-order valence-electron chi connectivity index (χ2n) is 5.50. The number of Topliss-reactive ketones (excluding diaryl/α,β-unsaturated/α-hetero) is 1. The van der Waals surface area contributed by atoms with Gasteiger partial charge in [-0.25, -0.2) is 0 Å². The third-order valence-corrected chi connectivity index (χ3v) is 3.83. The third-order valence-electron chi connectivity index (χ3n) is 3.83. The van der Waals surface area contributed by atoms with Gasteiger partial charge in [0, 0.05) is 12.0 Å². The second kappa shape index (κ2) is 7.84. The van der Waals surface area contributed by atoms with E-state index < -0.39 is 0 Å². The Balaban J connectivity index is 1.84. The lowest BCUT2D eigenvalue weighted by Crippen LogP contribution is -1.98. The number of hydrogen-bond donors (Lipinski definition) is 0. The lowest BCUT2D eigenvalue weighted by atomic mass is 10.0. The number of ketones is 1. The van der Waals surface area contributed by atoms with E-state index in [1.54, 1.807) is 0 Å². The Hall–Kier alpha value is -1.63. The third kappa shape index (κ3) is 4.19. The minimum Gasteiger partial charge on any atom is -0.294 e. The number of carbonyl (C=O) groups is 1. The van der Waals surface area contributed by atoms with Crippen molar-refractivity contribution in [1.82, 2.24) is 0 Å². The molecule has 2 rings (SSSR count). The van der Waals surface area contributed by atoms with Crippen LogP contribution in [0.4, 0.5) is 0 Å². The zero-order valence-corrected chi connectivity index (χ0v) is 12.4. The molecule has 0 saturated carbocycles. The van der Waals surface area contributed by atoms with E-state index in [2.05, 4.69) is 19.1 Å². The monoisotopic (exact) mass is 268 g/mol. The highest BCUT2D eigenvalue weighted by molar-refractivity contribution is 5.99. The fraction of sp³-hybridized carbons (Fsp3) is 0.421. The van der Waals surface area contributed by atoms with Crippen molar-refractivity contribution < 1.29 is 4.79 Å². The van der Waals surface area contributed by atoms with Gasteiger partial charge >= 0.3 is 0 Å². The molecule has 1 heteroatoms. The van der Waals surface area contributed by atoms with Crippen molar-refractivity contribution in [2.24, 2.45) is 0 Å². The maximum atomic E-state index is 12.2. The lowest BCUT2D eigenvalue weighted by molar-refractivity contribution is 0.0979. The largest absolute Gasteiger partial charge is 0.294 e. The molecule has 0 aliphatic heterocycles. The lowest BCUT2D eigenvalue weighted by Gasteiger charge is -2.04. The van der Waals surface area contributed by atoms with Gasteiger partial charge in [-0.15, -0.1) is 0 Å². The smallest absolute Gasteiger partial charge is 0.162 e. The summed E-state index contributed by atoms with van der Waals surface area (Å²) in [5.41, 5.74) is 0.859. The zero-order valence-electron chi connectivity index (χ0n) is 12.4. The topological polar surface area (TPSA) is 17.1 Å². The summed E-state index contributed by atoms with van der Waals surface area (Å²) in [6, 6.07) is 14.2. The average molecular weight is 268 g/mol. The van der Waals surface area contributed by atoms with Crippen LogP contribution in [0.25, 0.3) is 10.8 Å². The van der Waals surface area contributed by atoms with Gasteiger partial charge in [0.15, 0.2) is 5.78 Å². The quantitative estimate of drug-likeness (QED) is 0.438. The number of rotatable bonds is 8. The first kappa shape index (κ1) is 14.8. The second-order valence-corrected chi connectivity index (χ2v) is 5.50. The maximum Gasteiger partial charge on any atom is 0.162 e. The van der Waals surface area contributed by atoms with Crippen LogP contribution in [-0.2, 0) is 0 Å². The van der Waals surface area contributed by atoms with Crippen LogP contribution in [-0.4, -0.2) is 5.78 Å². The molecule has 2 aromatic carbocycles. The summed E-state index contributed by atoms with van der Waals surface area (Å²) in [5, 5.41) is 2.35. The SMILES string of the molecule is CCCCCCCCC(=O)c1ccc2ccccc2c1. The molecule has 0 radical (unpaired) electrons. The van der Waals surface area contributed by atoms with E-state index in [-0.39, 0.29) is 5.78 Å². The number of hydrogen-bond acceptors (Lipinski definition) is 1. The molecule has 0 N–H and O–H groups in total. The molecule has 0 saturated heterocycles.